The van der Waals surface area contributed by atoms with E-state index in [2.05, 4.69) is 15.1 Å². The summed E-state index contributed by atoms with van der Waals surface area (Å²) in [6.07, 6.45) is 0. The van der Waals surface area contributed by atoms with Crippen molar-refractivity contribution in [3.8, 4) is 34.5 Å². The Morgan fingerprint density at radius 1 is 0.923 bits per heavy atom. The van der Waals surface area contributed by atoms with E-state index in [9.17, 15) is 4.39 Å². The van der Waals surface area contributed by atoms with Gasteiger partial charge in [0.15, 0.2) is 0 Å². The third-order valence-electron chi connectivity index (χ3n) is 3.95. The van der Waals surface area contributed by atoms with E-state index in [1.807, 2.05) is 24.3 Å². The molecule has 130 valence electrons. The number of pyridine rings is 1. The first kappa shape index (κ1) is 16.0. The first-order valence-electron chi connectivity index (χ1n) is 7.81. The predicted molar refractivity (Wildman–Crippen MR) is 93.5 cm³/mol. The van der Waals surface area contributed by atoms with E-state index in [1.165, 1.54) is 13.2 Å². The molecule has 0 aliphatic carbocycles. The summed E-state index contributed by atoms with van der Waals surface area (Å²) in [5.41, 5.74) is 1.52. The minimum Gasteiger partial charge on any atom is -0.497 e. The van der Waals surface area contributed by atoms with Crippen molar-refractivity contribution in [3.63, 3.8) is 0 Å². The second-order valence-corrected chi connectivity index (χ2v) is 5.51. The topological polar surface area (TPSA) is 70.3 Å². The van der Waals surface area contributed by atoms with Gasteiger partial charge < -0.3 is 14.0 Å². The van der Waals surface area contributed by atoms with Crippen LogP contribution >= 0.6 is 0 Å². The van der Waals surface area contributed by atoms with Gasteiger partial charge in [0.25, 0.3) is 5.89 Å². The molecule has 0 aliphatic rings. The fourth-order valence-electron chi connectivity index (χ4n) is 2.66. The first-order valence-corrected chi connectivity index (χ1v) is 7.81. The van der Waals surface area contributed by atoms with Crippen molar-refractivity contribution < 1.29 is 18.4 Å². The molecule has 0 atom stereocenters. The minimum absolute atomic E-state index is 0.0888. The number of nitrogens with zero attached hydrogens (tertiary/aromatic N) is 3. The maximum atomic E-state index is 13.9. The summed E-state index contributed by atoms with van der Waals surface area (Å²) < 4.78 is 29.8. The Hall–Kier alpha value is -3.48. The molecule has 0 saturated carbocycles. The van der Waals surface area contributed by atoms with Gasteiger partial charge in [-0.25, -0.2) is 9.37 Å². The zero-order valence-electron chi connectivity index (χ0n) is 14.1. The molecule has 4 rings (SSSR count). The van der Waals surface area contributed by atoms with Gasteiger partial charge in [0.1, 0.15) is 11.6 Å². The zero-order chi connectivity index (χ0) is 18.1. The molecule has 0 amide bonds. The molecule has 0 radical (unpaired) electrons. The van der Waals surface area contributed by atoms with E-state index in [1.54, 1.807) is 25.3 Å². The van der Waals surface area contributed by atoms with Crippen LogP contribution in [-0.4, -0.2) is 29.3 Å². The van der Waals surface area contributed by atoms with Gasteiger partial charge in [-0.05, 0) is 36.4 Å². The molecular weight excluding hydrogens is 337 g/mol. The molecule has 6 nitrogen and oxygen atoms in total. The lowest BCUT2D eigenvalue weighted by atomic mass is 10.1. The Bertz CT molecular complexity index is 1090. The van der Waals surface area contributed by atoms with E-state index in [-0.39, 0.29) is 17.3 Å². The second kappa shape index (κ2) is 6.44. The van der Waals surface area contributed by atoms with Gasteiger partial charge in [-0.3, -0.25) is 0 Å². The third kappa shape index (κ3) is 2.73. The van der Waals surface area contributed by atoms with Crippen molar-refractivity contribution >= 4 is 10.9 Å². The highest BCUT2D eigenvalue weighted by Gasteiger charge is 2.18. The summed E-state index contributed by atoms with van der Waals surface area (Å²) in [6, 6.07) is 13.5. The van der Waals surface area contributed by atoms with E-state index < -0.39 is 5.82 Å². The van der Waals surface area contributed by atoms with Crippen LogP contribution in [0.4, 0.5) is 4.39 Å². The number of methoxy groups -OCH3 is 2. The van der Waals surface area contributed by atoms with Gasteiger partial charge in [-0.2, -0.15) is 4.98 Å². The Labute approximate surface area is 148 Å². The number of aromatic nitrogens is 3. The van der Waals surface area contributed by atoms with Crippen LogP contribution in [0.15, 0.2) is 53.1 Å². The molecule has 0 aliphatic heterocycles. The summed E-state index contributed by atoms with van der Waals surface area (Å²) in [6.45, 7) is 0. The maximum absolute atomic E-state index is 13.9. The SMILES string of the molecule is COc1ccc2nc(OC)c(-c3noc(-c4ccccc4F)n3)cc2c1. The Morgan fingerprint density at radius 2 is 1.77 bits per heavy atom. The van der Waals surface area contributed by atoms with Crippen molar-refractivity contribution in [2.75, 3.05) is 14.2 Å². The molecule has 2 aromatic heterocycles. The van der Waals surface area contributed by atoms with Gasteiger partial charge in [0.2, 0.25) is 11.7 Å². The highest BCUT2D eigenvalue weighted by Crippen LogP contribution is 2.32. The number of ether oxygens (including phenoxy) is 2. The molecule has 0 bridgehead atoms. The maximum Gasteiger partial charge on any atom is 0.261 e. The van der Waals surface area contributed by atoms with E-state index in [4.69, 9.17) is 14.0 Å². The number of hydrogen-bond donors (Lipinski definition) is 0. The summed E-state index contributed by atoms with van der Waals surface area (Å²) >= 11 is 0. The van der Waals surface area contributed by atoms with Crippen molar-refractivity contribution in [1.82, 2.24) is 15.1 Å². The number of halogens is 1. The molecule has 4 aromatic rings. The van der Waals surface area contributed by atoms with Crippen LogP contribution in [0.5, 0.6) is 11.6 Å². The predicted octanol–water partition coefficient (Wildman–Crippen LogP) is 4.11. The van der Waals surface area contributed by atoms with Crippen molar-refractivity contribution in [1.29, 1.82) is 0 Å². The molecule has 26 heavy (non-hydrogen) atoms. The average molecular weight is 351 g/mol. The van der Waals surface area contributed by atoms with E-state index in [0.717, 1.165) is 10.9 Å². The van der Waals surface area contributed by atoms with E-state index in [0.29, 0.717) is 17.2 Å². The fourth-order valence-corrected chi connectivity index (χ4v) is 2.66. The van der Waals surface area contributed by atoms with Gasteiger partial charge in [-0.15, -0.1) is 0 Å². The van der Waals surface area contributed by atoms with Crippen LogP contribution in [0, 0.1) is 5.82 Å². The van der Waals surface area contributed by atoms with Crippen LogP contribution in [-0.2, 0) is 0 Å². The van der Waals surface area contributed by atoms with E-state index >= 15 is 0 Å². The highest BCUT2D eigenvalue weighted by molar-refractivity contribution is 5.86. The molecular formula is C19H14FN3O3. The van der Waals surface area contributed by atoms with Crippen LogP contribution in [0.25, 0.3) is 33.7 Å². The smallest absolute Gasteiger partial charge is 0.261 e. The monoisotopic (exact) mass is 351 g/mol. The molecule has 0 fully saturated rings. The third-order valence-corrected chi connectivity index (χ3v) is 3.95. The number of fused-ring (bicyclic) bond motifs is 1. The first-order chi connectivity index (χ1) is 12.7. The molecule has 2 aromatic carbocycles. The van der Waals surface area contributed by atoms with Gasteiger partial charge in [0, 0.05) is 5.39 Å². The Morgan fingerprint density at radius 3 is 2.54 bits per heavy atom. The van der Waals surface area contributed by atoms with Crippen molar-refractivity contribution in [3.05, 3.63) is 54.3 Å². The second-order valence-electron chi connectivity index (χ2n) is 5.51. The van der Waals surface area contributed by atoms with Crippen LogP contribution < -0.4 is 9.47 Å². The normalized spacial score (nSPS) is 10.9. The zero-order valence-corrected chi connectivity index (χ0v) is 14.1. The van der Waals surface area contributed by atoms with Gasteiger partial charge in [-0.1, -0.05) is 17.3 Å². The molecule has 0 spiro atoms. The summed E-state index contributed by atoms with van der Waals surface area (Å²) in [5, 5.41) is 4.79. The standard InChI is InChI=1S/C19H14FN3O3/c1-24-12-7-8-16-11(9-12)10-14(18(21-16)25-2)17-22-19(26-23-17)13-5-3-4-6-15(13)20/h3-10H,1-2H3. The molecule has 7 heteroatoms. The molecule has 0 saturated heterocycles. The lowest BCUT2D eigenvalue weighted by Crippen LogP contribution is -1.94. The van der Waals surface area contributed by atoms with Gasteiger partial charge >= 0.3 is 0 Å². The lowest BCUT2D eigenvalue weighted by molar-refractivity contribution is 0.399. The number of hydrogen-bond acceptors (Lipinski definition) is 6. The molecule has 0 N–H and O–H groups in total. The Kier molecular flexibility index (Phi) is 3.96. The number of benzene rings is 2. The average Bonchev–Trinajstić information content (AvgIpc) is 3.16. The Balaban J connectivity index is 1.84. The fraction of sp³-hybridized carbons (Fsp3) is 0.105. The number of rotatable bonds is 4. The largest absolute Gasteiger partial charge is 0.497 e. The molecule has 2 heterocycles. The van der Waals surface area contributed by atoms with Crippen LogP contribution in [0.2, 0.25) is 0 Å². The van der Waals surface area contributed by atoms with Gasteiger partial charge in [0.05, 0.1) is 30.9 Å². The quantitative estimate of drug-likeness (QED) is 0.551. The summed E-state index contributed by atoms with van der Waals surface area (Å²) in [7, 11) is 3.11. The van der Waals surface area contributed by atoms with Crippen LogP contribution in [0.1, 0.15) is 0 Å². The molecule has 0 unspecified atom stereocenters. The highest BCUT2D eigenvalue weighted by atomic mass is 19.1. The minimum atomic E-state index is -0.434. The summed E-state index contributed by atoms with van der Waals surface area (Å²) in [4.78, 5) is 8.77. The van der Waals surface area contributed by atoms with Crippen LogP contribution in [0.3, 0.4) is 0 Å². The van der Waals surface area contributed by atoms with Crippen molar-refractivity contribution in [2.24, 2.45) is 0 Å². The summed E-state index contributed by atoms with van der Waals surface area (Å²) in [5.74, 6) is 0.971. The lowest BCUT2D eigenvalue weighted by Gasteiger charge is -2.07. The van der Waals surface area contributed by atoms with Crippen molar-refractivity contribution in [2.45, 2.75) is 0 Å².